The van der Waals surface area contributed by atoms with Crippen LogP contribution in [-0.4, -0.2) is 4.98 Å². The SMILES string of the molecule is c1csc(Nc2cc3ocnc3o2)c1. The third kappa shape index (κ3) is 1.18. The van der Waals surface area contributed by atoms with E-state index in [0.717, 1.165) is 5.00 Å². The van der Waals surface area contributed by atoms with Gasteiger partial charge in [0.2, 0.25) is 5.88 Å². The first-order chi connectivity index (χ1) is 6.92. The van der Waals surface area contributed by atoms with Gasteiger partial charge < -0.3 is 14.2 Å². The Morgan fingerprint density at radius 1 is 1.43 bits per heavy atom. The van der Waals surface area contributed by atoms with E-state index >= 15 is 0 Å². The van der Waals surface area contributed by atoms with E-state index in [9.17, 15) is 0 Å². The van der Waals surface area contributed by atoms with E-state index in [1.807, 2.05) is 17.5 Å². The van der Waals surface area contributed by atoms with Crippen molar-refractivity contribution in [2.45, 2.75) is 0 Å². The lowest BCUT2D eigenvalue weighted by molar-refractivity contribution is 0.602. The van der Waals surface area contributed by atoms with Crippen molar-refractivity contribution in [1.82, 2.24) is 4.98 Å². The summed E-state index contributed by atoms with van der Waals surface area (Å²) < 4.78 is 10.4. The Labute approximate surface area is 83.2 Å². The van der Waals surface area contributed by atoms with Gasteiger partial charge in [0, 0.05) is 6.07 Å². The molecule has 0 amide bonds. The van der Waals surface area contributed by atoms with Gasteiger partial charge in [-0.15, -0.1) is 11.3 Å². The van der Waals surface area contributed by atoms with Crippen molar-refractivity contribution >= 4 is 33.5 Å². The summed E-state index contributed by atoms with van der Waals surface area (Å²) in [7, 11) is 0. The summed E-state index contributed by atoms with van der Waals surface area (Å²) in [5.74, 6) is 0.648. The first-order valence-electron chi connectivity index (χ1n) is 4.05. The lowest BCUT2D eigenvalue weighted by atomic mass is 10.5. The minimum absolute atomic E-state index is 0.518. The Hall–Kier alpha value is -1.75. The van der Waals surface area contributed by atoms with Crippen LogP contribution in [-0.2, 0) is 0 Å². The number of anilines is 2. The number of rotatable bonds is 2. The molecule has 0 saturated carbocycles. The minimum Gasteiger partial charge on any atom is -0.440 e. The predicted octanol–water partition coefficient (Wildman–Crippen LogP) is 3.23. The highest BCUT2D eigenvalue weighted by atomic mass is 32.1. The fourth-order valence-corrected chi connectivity index (χ4v) is 1.82. The van der Waals surface area contributed by atoms with Crippen LogP contribution in [0.5, 0.6) is 0 Å². The third-order valence-electron chi connectivity index (χ3n) is 1.80. The standard InChI is InChI=1S/C9H6N2O2S/c1-2-8(14-3-1)11-7-4-6-9(13-7)10-5-12-6/h1-5,11H. The number of aromatic nitrogens is 1. The number of thiophene rings is 1. The number of fused-ring (bicyclic) bond motifs is 1. The summed E-state index contributed by atoms with van der Waals surface area (Å²) >= 11 is 1.61. The van der Waals surface area contributed by atoms with Crippen molar-refractivity contribution < 1.29 is 8.83 Å². The normalized spacial score (nSPS) is 10.9. The Morgan fingerprint density at radius 2 is 2.43 bits per heavy atom. The summed E-state index contributed by atoms with van der Waals surface area (Å²) in [6, 6.07) is 5.72. The Morgan fingerprint density at radius 3 is 3.21 bits per heavy atom. The van der Waals surface area contributed by atoms with Gasteiger partial charge in [-0.1, -0.05) is 0 Å². The number of furan rings is 1. The molecule has 0 fully saturated rings. The molecule has 3 aromatic rings. The quantitative estimate of drug-likeness (QED) is 0.699. The van der Waals surface area contributed by atoms with Crippen molar-refractivity contribution in [3.8, 4) is 0 Å². The van der Waals surface area contributed by atoms with E-state index in [2.05, 4.69) is 10.3 Å². The first-order valence-corrected chi connectivity index (χ1v) is 4.93. The van der Waals surface area contributed by atoms with Crippen LogP contribution < -0.4 is 5.32 Å². The molecule has 0 spiro atoms. The highest BCUT2D eigenvalue weighted by Gasteiger charge is 2.07. The van der Waals surface area contributed by atoms with Crippen molar-refractivity contribution in [1.29, 1.82) is 0 Å². The van der Waals surface area contributed by atoms with Gasteiger partial charge in [0.05, 0.1) is 5.00 Å². The molecule has 0 bridgehead atoms. The molecule has 0 radical (unpaired) electrons. The summed E-state index contributed by atoms with van der Waals surface area (Å²) in [5.41, 5.74) is 1.17. The smallest absolute Gasteiger partial charge is 0.267 e. The molecule has 14 heavy (non-hydrogen) atoms. The Balaban J connectivity index is 1.95. The maximum absolute atomic E-state index is 5.37. The fourth-order valence-electron chi connectivity index (χ4n) is 1.20. The third-order valence-corrected chi connectivity index (χ3v) is 2.58. The van der Waals surface area contributed by atoms with E-state index in [0.29, 0.717) is 17.2 Å². The van der Waals surface area contributed by atoms with E-state index < -0.39 is 0 Å². The van der Waals surface area contributed by atoms with Gasteiger partial charge in [0.1, 0.15) is 0 Å². The second-order valence-electron chi connectivity index (χ2n) is 2.73. The summed E-state index contributed by atoms with van der Waals surface area (Å²) in [6.07, 6.45) is 1.36. The van der Waals surface area contributed by atoms with Gasteiger partial charge in [-0.25, -0.2) is 0 Å². The van der Waals surface area contributed by atoms with Crippen LogP contribution in [0.2, 0.25) is 0 Å². The van der Waals surface area contributed by atoms with Gasteiger partial charge in [-0.3, -0.25) is 0 Å². The maximum Gasteiger partial charge on any atom is 0.267 e. The minimum atomic E-state index is 0.518. The number of nitrogens with one attached hydrogen (secondary N) is 1. The average Bonchev–Trinajstić information content (AvgIpc) is 2.78. The largest absolute Gasteiger partial charge is 0.440 e. The van der Waals surface area contributed by atoms with E-state index in [4.69, 9.17) is 8.83 Å². The van der Waals surface area contributed by atoms with Crippen molar-refractivity contribution in [2.24, 2.45) is 0 Å². The molecule has 0 unspecified atom stereocenters. The zero-order valence-corrected chi connectivity index (χ0v) is 7.88. The van der Waals surface area contributed by atoms with Gasteiger partial charge in [-0.2, -0.15) is 4.98 Å². The summed E-state index contributed by atoms with van der Waals surface area (Å²) in [4.78, 5) is 3.90. The number of hydrogen-bond donors (Lipinski definition) is 1. The van der Waals surface area contributed by atoms with E-state index in [1.54, 1.807) is 17.4 Å². The van der Waals surface area contributed by atoms with Crippen LogP contribution >= 0.6 is 11.3 Å². The molecule has 1 N–H and O–H groups in total. The van der Waals surface area contributed by atoms with Gasteiger partial charge in [-0.05, 0) is 17.5 Å². The van der Waals surface area contributed by atoms with Gasteiger partial charge in [0.15, 0.2) is 12.0 Å². The lowest BCUT2D eigenvalue weighted by Gasteiger charge is -1.95. The van der Waals surface area contributed by atoms with Gasteiger partial charge >= 0.3 is 0 Å². The molecular weight excluding hydrogens is 200 g/mol. The molecule has 3 aromatic heterocycles. The van der Waals surface area contributed by atoms with Crippen LogP contribution in [0.1, 0.15) is 0 Å². The second kappa shape index (κ2) is 2.88. The molecule has 70 valence electrons. The molecule has 3 rings (SSSR count). The summed E-state index contributed by atoms with van der Waals surface area (Å²) in [6.45, 7) is 0. The second-order valence-corrected chi connectivity index (χ2v) is 3.68. The van der Waals surface area contributed by atoms with Crippen molar-refractivity contribution in [3.05, 3.63) is 30.0 Å². The van der Waals surface area contributed by atoms with Crippen LogP contribution in [0.4, 0.5) is 10.9 Å². The highest BCUT2D eigenvalue weighted by Crippen LogP contribution is 2.26. The molecule has 3 heterocycles. The van der Waals surface area contributed by atoms with Crippen LogP contribution in [0.15, 0.2) is 38.8 Å². The van der Waals surface area contributed by atoms with Crippen LogP contribution in [0.3, 0.4) is 0 Å². The van der Waals surface area contributed by atoms with E-state index in [1.165, 1.54) is 6.39 Å². The topological polar surface area (TPSA) is 51.2 Å². The van der Waals surface area contributed by atoms with Crippen LogP contribution in [0, 0.1) is 0 Å². The lowest BCUT2D eigenvalue weighted by Crippen LogP contribution is -1.82. The van der Waals surface area contributed by atoms with Crippen molar-refractivity contribution in [3.63, 3.8) is 0 Å². The zero-order chi connectivity index (χ0) is 9.38. The molecule has 0 aliphatic carbocycles. The van der Waals surface area contributed by atoms with Gasteiger partial charge in [0.25, 0.3) is 5.71 Å². The number of oxazole rings is 1. The first kappa shape index (κ1) is 7.64. The molecule has 0 aromatic carbocycles. The monoisotopic (exact) mass is 206 g/mol. The van der Waals surface area contributed by atoms with E-state index in [-0.39, 0.29) is 0 Å². The van der Waals surface area contributed by atoms with Crippen LogP contribution in [0.25, 0.3) is 11.3 Å². The molecule has 5 heteroatoms. The fraction of sp³-hybridized carbons (Fsp3) is 0. The molecule has 0 aliphatic heterocycles. The predicted molar refractivity (Wildman–Crippen MR) is 53.9 cm³/mol. The molecule has 0 atom stereocenters. The number of nitrogens with zero attached hydrogens (tertiary/aromatic N) is 1. The maximum atomic E-state index is 5.37. The molecule has 4 nitrogen and oxygen atoms in total. The molecule has 0 aliphatic rings. The Bertz CT molecular complexity index is 509. The summed E-state index contributed by atoms with van der Waals surface area (Å²) in [5, 5.41) is 6.13. The molecule has 0 saturated heterocycles. The Kier molecular flexibility index (Phi) is 1.57. The molecular formula is C9H6N2O2S. The average molecular weight is 206 g/mol. The zero-order valence-electron chi connectivity index (χ0n) is 7.06. The highest BCUT2D eigenvalue weighted by molar-refractivity contribution is 7.14. The number of hydrogen-bond acceptors (Lipinski definition) is 5. The van der Waals surface area contributed by atoms with Crippen molar-refractivity contribution in [2.75, 3.05) is 5.32 Å².